The predicted octanol–water partition coefficient (Wildman–Crippen LogP) is -5.77. The summed E-state index contributed by atoms with van der Waals surface area (Å²) < 4.78 is 0. The van der Waals surface area contributed by atoms with Gasteiger partial charge in [0, 0.05) is 25.2 Å². The van der Waals surface area contributed by atoms with Crippen LogP contribution in [0.3, 0.4) is 0 Å². The molecule has 2 atom stereocenters. The van der Waals surface area contributed by atoms with Crippen LogP contribution in [0, 0.1) is 0 Å². The van der Waals surface area contributed by atoms with Gasteiger partial charge in [0.05, 0.1) is 11.9 Å². The summed E-state index contributed by atoms with van der Waals surface area (Å²) in [5.41, 5.74) is 30.5. The first kappa shape index (κ1) is 27.9. The SMILES string of the molecule is NC(N)=NCCCC(N)C(=O)[O-].NC(N)=NCCCC(N)C(=O)[O-].[Zn+2]. The molecular weight excluding hydrogens is 386 g/mol. The molecule has 0 fully saturated rings. The van der Waals surface area contributed by atoms with E-state index in [0.717, 1.165) is 0 Å². The summed E-state index contributed by atoms with van der Waals surface area (Å²) in [4.78, 5) is 27.5. The number of nitrogens with two attached hydrogens (primary N) is 6. The van der Waals surface area contributed by atoms with Gasteiger partial charge < -0.3 is 54.2 Å². The molecule has 0 saturated heterocycles. The van der Waals surface area contributed by atoms with Gasteiger partial charge in [-0.25, -0.2) is 0 Å². The number of hydrogen-bond donors (Lipinski definition) is 6. The van der Waals surface area contributed by atoms with E-state index in [1.54, 1.807) is 0 Å². The van der Waals surface area contributed by atoms with Crippen LogP contribution in [0.5, 0.6) is 0 Å². The van der Waals surface area contributed by atoms with Crippen molar-refractivity contribution in [2.24, 2.45) is 44.4 Å². The maximum Gasteiger partial charge on any atom is 2.00 e. The fraction of sp³-hybridized carbons (Fsp3) is 0.667. The molecule has 25 heavy (non-hydrogen) atoms. The second-order valence-electron chi connectivity index (χ2n) is 4.75. The van der Waals surface area contributed by atoms with Gasteiger partial charge in [0.25, 0.3) is 0 Å². The molecule has 2 unspecified atom stereocenters. The Kier molecular flexibility index (Phi) is 18.8. The first-order valence-electron chi connectivity index (χ1n) is 7.11. The van der Waals surface area contributed by atoms with Crippen molar-refractivity contribution >= 4 is 23.9 Å². The number of hydrogen-bond acceptors (Lipinski definition) is 8. The zero-order chi connectivity index (χ0) is 19.1. The van der Waals surface area contributed by atoms with E-state index in [2.05, 4.69) is 9.98 Å². The van der Waals surface area contributed by atoms with Crippen molar-refractivity contribution in [3.05, 3.63) is 0 Å². The van der Waals surface area contributed by atoms with E-state index in [1.165, 1.54) is 0 Å². The van der Waals surface area contributed by atoms with Crippen molar-refractivity contribution in [3.8, 4) is 0 Å². The normalized spacial score (nSPS) is 11.6. The van der Waals surface area contributed by atoms with Crippen LogP contribution in [0.4, 0.5) is 0 Å². The van der Waals surface area contributed by atoms with Crippen LogP contribution in [0.25, 0.3) is 0 Å². The molecule has 0 rings (SSSR count). The van der Waals surface area contributed by atoms with E-state index < -0.39 is 24.0 Å². The van der Waals surface area contributed by atoms with E-state index in [1.807, 2.05) is 0 Å². The van der Waals surface area contributed by atoms with Crippen LogP contribution >= 0.6 is 0 Å². The number of carboxylic acid groups (broad SMARTS) is 2. The Balaban J connectivity index is -0.000000372. The van der Waals surface area contributed by atoms with E-state index in [0.29, 0.717) is 38.8 Å². The van der Waals surface area contributed by atoms with Crippen molar-refractivity contribution in [2.75, 3.05) is 13.1 Å². The summed E-state index contributed by atoms with van der Waals surface area (Å²) in [6, 6.07) is -1.86. The van der Waals surface area contributed by atoms with Gasteiger partial charge in [-0.05, 0) is 25.7 Å². The Labute approximate surface area is 158 Å². The largest absolute Gasteiger partial charge is 2.00 e. The summed E-state index contributed by atoms with van der Waals surface area (Å²) in [5, 5.41) is 20.2. The van der Waals surface area contributed by atoms with Gasteiger partial charge in [-0.1, -0.05) is 0 Å². The van der Waals surface area contributed by atoms with Crippen molar-refractivity contribution in [2.45, 2.75) is 37.8 Å². The molecule has 0 aromatic carbocycles. The van der Waals surface area contributed by atoms with Gasteiger partial charge in [-0.3, -0.25) is 9.98 Å². The molecule has 12 nitrogen and oxygen atoms in total. The van der Waals surface area contributed by atoms with Gasteiger partial charge in [-0.2, -0.15) is 0 Å². The average molecular weight is 412 g/mol. The Hall–Kier alpha value is -1.98. The smallest absolute Gasteiger partial charge is 0.548 e. The Morgan fingerprint density at radius 2 is 1.04 bits per heavy atom. The van der Waals surface area contributed by atoms with Gasteiger partial charge in [0.15, 0.2) is 11.9 Å². The Bertz CT molecular complexity index is 399. The zero-order valence-electron chi connectivity index (χ0n) is 14.1. The minimum atomic E-state index is -1.25. The van der Waals surface area contributed by atoms with Crippen LogP contribution < -0.4 is 44.6 Å². The van der Waals surface area contributed by atoms with E-state index in [9.17, 15) is 19.8 Å². The second-order valence-corrected chi connectivity index (χ2v) is 4.75. The standard InChI is InChI=1S/2C6H14N4O2.Zn/c2*7-4(5(11)12)2-1-3-10-6(8)9;/h2*4H,1-3,7H2,(H,11,12)(H4,8,9,10);/q;;+2/p-2. The number of guanidine groups is 2. The topological polar surface area (TPSA) is 261 Å². The summed E-state index contributed by atoms with van der Waals surface area (Å²) in [6.07, 6.45) is 1.71. The molecule has 13 heteroatoms. The van der Waals surface area contributed by atoms with Crippen LogP contribution in [-0.2, 0) is 29.1 Å². The summed E-state index contributed by atoms with van der Waals surface area (Å²) in [6.45, 7) is 0.784. The Morgan fingerprint density at radius 1 is 0.760 bits per heavy atom. The molecule has 0 bridgehead atoms. The van der Waals surface area contributed by atoms with Crippen LogP contribution in [-0.4, -0.2) is 49.0 Å². The van der Waals surface area contributed by atoms with Gasteiger partial charge in [0.2, 0.25) is 0 Å². The minimum absolute atomic E-state index is 0. The molecule has 0 amide bonds. The first-order valence-corrected chi connectivity index (χ1v) is 7.11. The van der Waals surface area contributed by atoms with Gasteiger partial charge in [0.1, 0.15) is 0 Å². The summed E-state index contributed by atoms with van der Waals surface area (Å²) in [5.74, 6) is -2.51. The average Bonchev–Trinajstić information content (AvgIpc) is 2.47. The van der Waals surface area contributed by atoms with Gasteiger partial charge >= 0.3 is 19.5 Å². The van der Waals surface area contributed by atoms with E-state index in [4.69, 9.17) is 34.4 Å². The molecular formula is C12H26N8O4Zn. The quantitative estimate of drug-likeness (QED) is 0.0857. The minimum Gasteiger partial charge on any atom is -0.548 e. The first-order chi connectivity index (χ1) is 11.1. The van der Waals surface area contributed by atoms with Crippen molar-refractivity contribution in [1.82, 2.24) is 0 Å². The molecule has 140 valence electrons. The van der Waals surface area contributed by atoms with Crippen LogP contribution in [0.1, 0.15) is 25.7 Å². The van der Waals surface area contributed by atoms with Gasteiger partial charge in [-0.15, -0.1) is 0 Å². The van der Waals surface area contributed by atoms with Crippen molar-refractivity contribution < 1.29 is 39.3 Å². The summed E-state index contributed by atoms with van der Waals surface area (Å²) in [7, 11) is 0. The molecule has 12 N–H and O–H groups in total. The number of aliphatic carboxylic acids is 2. The molecule has 0 aromatic heterocycles. The number of carbonyl (C=O) groups is 2. The molecule has 0 heterocycles. The van der Waals surface area contributed by atoms with Crippen LogP contribution in [0.15, 0.2) is 9.98 Å². The fourth-order valence-corrected chi connectivity index (χ4v) is 1.27. The number of carbonyl (C=O) groups excluding carboxylic acids is 2. The zero-order valence-corrected chi connectivity index (χ0v) is 17.1. The number of aliphatic imine (C=N–C) groups is 2. The van der Waals surface area contributed by atoms with Crippen molar-refractivity contribution in [3.63, 3.8) is 0 Å². The molecule has 0 spiro atoms. The third-order valence-corrected chi connectivity index (χ3v) is 2.54. The summed E-state index contributed by atoms with van der Waals surface area (Å²) >= 11 is 0. The molecule has 0 aliphatic rings. The van der Waals surface area contributed by atoms with Crippen LogP contribution in [0.2, 0.25) is 0 Å². The predicted molar refractivity (Wildman–Crippen MR) is 85.8 cm³/mol. The Morgan fingerprint density at radius 3 is 1.24 bits per heavy atom. The number of rotatable bonds is 10. The van der Waals surface area contributed by atoms with E-state index in [-0.39, 0.29) is 31.4 Å². The van der Waals surface area contributed by atoms with Crippen molar-refractivity contribution in [1.29, 1.82) is 0 Å². The molecule has 0 saturated carbocycles. The molecule has 0 aromatic rings. The van der Waals surface area contributed by atoms with E-state index >= 15 is 0 Å². The maximum atomic E-state index is 10.1. The number of carboxylic acids is 2. The molecule has 0 aliphatic heterocycles. The fourth-order valence-electron chi connectivity index (χ4n) is 1.27. The molecule has 0 radical (unpaired) electrons. The third kappa shape index (κ3) is 22.0. The third-order valence-electron chi connectivity index (χ3n) is 2.54. The number of nitrogens with zero attached hydrogens (tertiary/aromatic N) is 2. The second kappa shape index (κ2) is 16.9. The molecule has 0 aliphatic carbocycles. The monoisotopic (exact) mass is 410 g/mol. The maximum absolute atomic E-state index is 10.1.